The lowest BCUT2D eigenvalue weighted by Crippen LogP contribution is -2.60. The monoisotopic (exact) mass is 406 g/mol. The maximum atomic E-state index is 12.8. The molecular formula is C15H22N2O11. The molecule has 1 aromatic heterocycles. The molecule has 2 saturated heterocycles. The first-order valence-corrected chi connectivity index (χ1v) is 8.49. The maximum absolute atomic E-state index is 12.8. The van der Waals surface area contributed by atoms with Crippen LogP contribution in [-0.2, 0) is 9.47 Å². The molecule has 3 rings (SSSR count). The Bertz CT molecular complexity index is 808. The van der Waals surface area contributed by atoms with Gasteiger partial charge in [0.1, 0.15) is 42.7 Å². The van der Waals surface area contributed by atoms with Crippen LogP contribution in [0.2, 0.25) is 0 Å². The number of aromatic nitrogens is 2. The van der Waals surface area contributed by atoms with E-state index >= 15 is 0 Å². The summed E-state index contributed by atoms with van der Waals surface area (Å²) < 4.78 is 11.7. The van der Waals surface area contributed by atoms with Gasteiger partial charge >= 0.3 is 5.69 Å². The lowest BCUT2D eigenvalue weighted by molar-refractivity contribution is -0.253. The van der Waals surface area contributed by atoms with E-state index in [2.05, 4.69) is 0 Å². The minimum absolute atomic E-state index is 0.428. The molecule has 0 bridgehead atoms. The van der Waals surface area contributed by atoms with Crippen molar-refractivity contribution in [2.75, 3.05) is 13.2 Å². The molecule has 2 aliphatic heterocycles. The van der Waals surface area contributed by atoms with E-state index in [4.69, 9.17) is 14.6 Å². The van der Waals surface area contributed by atoms with Crippen LogP contribution in [0.5, 0.6) is 0 Å². The van der Waals surface area contributed by atoms with Gasteiger partial charge < -0.3 is 45.2 Å². The number of ether oxygens (including phenoxy) is 2. The number of hydrogen-bond donors (Lipinski definition) is 7. The molecule has 3 heterocycles. The first-order chi connectivity index (χ1) is 13.2. The number of nitrogens with zero attached hydrogens (tertiary/aromatic N) is 2. The molecule has 9 atom stereocenters. The van der Waals surface area contributed by atoms with Crippen LogP contribution in [0.25, 0.3) is 0 Å². The van der Waals surface area contributed by atoms with E-state index in [0.29, 0.717) is 4.57 Å². The molecule has 7 N–H and O–H groups in total. The largest absolute Gasteiger partial charge is 0.394 e. The third-order valence-electron chi connectivity index (χ3n) is 4.95. The molecule has 0 amide bonds. The van der Waals surface area contributed by atoms with Gasteiger partial charge in [0.15, 0.2) is 12.5 Å². The van der Waals surface area contributed by atoms with Crippen LogP contribution in [0.4, 0.5) is 0 Å². The number of rotatable bonds is 4. The van der Waals surface area contributed by atoms with Crippen molar-refractivity contribution in [1.82, 2.24) is 9.13 Å². The van der Waals surface area contributed by atoms with Gasteiger partial charge in [0.25, 0.3) is 5.56 Å². The second-order valence-electron chi connectivity index (χ2n) is 6.66. The summed E-state index contributed by atoms with van der Waals surface area (Å²) >= 11 is 0. The van der Waals surface area contributed by atoms with Crippen LogP contribution in [-0.4, -0.2) is 101 Å². The lowest BCUT2D eigenvalue weighted by atomic mass is 9.98. The summed E-state index contributed by atoms with van der Waals surface area (Å²) in [5.41, 5.74) is -2.05. The molecule has 0 radical (unpaired) electrons. The van der Waals surface area contributed by atoms with Crippen molar-refractivity contribution < 1.29 is 45.2 Å². The zero-order valence-electron chi connectivity index (χ0n) is 14.4. The van der Waals surface area contributed by atoms with Gasteiger partial charge in [0, 0.05) is 12.3 Å². The molecular weight excluding hydrogens is 384 g/mol. The van der Waals surface area contributed by atoms with Crippen LogP contribution in [0.15, 0.2) is 21.9 Å². The van der Waals surface area contributed by atoms with Gasteiger partial charge in [0.2, 0.25) is 0 Å². The van der Waals surface area contributed by atoms with E-state index in [-0.39, 0.29) is 0 Å². The Balaban J connectivity index is 2.03. The Morgan fingerprint density at radius 1 is 0.786 bits per heavy atom. The van der Waals surface area contributed by atoms with Crippen molar-refractivity contribution in [3.8, 4) is 0 Å². The predicted octanol–water partition coefficient (Wildman–Crippen LogP) is -5.41. The van der Waals surface area contributed by atoms with E-state index < -0.39 is 79.6 Å². The van der Waals surface area contributed by atoms with Crippen LogP contribution in [0.1, 0.15) is 12.5 Å². The van der Waals surface area contributed by atoms with Crippen molar-refractivity contribution in [3.63, 3.8) is 0 Å². The maximum Gasteiger partial charge on any atom is 0.335 e. The lowest BCUT2D eigenvalue weighted by Gasteiger charge is -2.40. The third-order valence-corrected chi connectivity index (χ3v) is 4.95. The average Bonchev–Trinajstić information content (AvgIpc) is 2.96. The topological polar surface area (TPSA) is 204 Å². The van der Waals surface area contributed by atoms with Crippen molar-refractivity contribution >= 4 is 0 Å². The molecule has 0 spiro atoms. The Kier molecular flexibility index (Phi) is 6.00. The summed E-state index contributed by atoms with van der Waals surface area (Å²) in [6, 6.07) is 0.900. The van der Waals surface area contributed by atoms with Crippen LogP contribution >= 0.6 is 0 Å². The van der Waals surface area contributed by atoms with Crippen molar-refractivity contribution in [2.24, 2.45) is 0 Å². The molecule has 13 nitrogen and oxygen atoms in total. The zero-order valence-corrected chi connectivity index (χ0v) is 14.4. The first-order valence-electron chi connectivity index (χ1n) is 8.49. The summed E-state index contributed by atoms with van der Waals surface area (Å²) in [7, 11) is 0. The Hall–Kier alpha value is -1.68. The molecule has 1 aromatic rings. The Labute approximate surface area is 156 Å². The van der Waals surface area contributed by atoms with E-state index in [1.807, 2.05) is 0 Å². The van der Waals surface area contributed by atoms with Gasteiger partial charge in [-0.25, -0.2) is 9.36 Å². The Morgan fingerprint density at radius 3 is 1.86 bits per heavy atom. The summed E-state index contributed by atoms with van der Waals surface area (Å²) in [5.74, 6) is 0. The van der Waals surface area contributed by atoms with E-state index in [1.165, 1.54) is 0 Å². The minimum Gasteiger partial charge on any atom is -0.394 e. The predicted molar refractivity (Wildman–Crippen MR) is 87.0 cm³/mol. The standard InChI is InChI=1S/C15H22N2O11/c18-3-5-8(21)10(23)12(25)14(28-5)17-7(20)1-2-16(15(17)26)13-11(24)9(22)6(4-19)27-13/h1-2,5-6,8-14,18-19,21-25H,3-4H2/t5?,6-,8?,9-,10?,11-,12?,13-,14+/m1/s1. The normalized spacial score (nSPS) is 41.3. The molecule has 4 unspecified atom stereocenters. The minimum atomic E-state index is -1.88. The average molecular weight is 406 g/mol. The SMILES string of the molecule is O=c1ccn([C@@H]2O[C@H](CO)[C@@H](O)[C@H]2O)c(=O)n1[C@H]1OC(CO)C(O)C(O)C1O. The van der Waals surface area contributed by atoms with E-state index in [1.54, 1.807) is 0 Å². The van der Waals surface area contributed by atoms with Gasteiger partial charge in [-0.05, 0) is 0 Å². The molecule has 0 aliphatic carbocycles. The number of aliphatic hydroxyl groups is 7. The van der Waals surface area contributed by atoms with Crippen LogP contribution in [0.3, 0.4) is 0 Å². The molecule has 0 saturated carbocycles. The summed E-state index contributed by atoms with van der Waals surface area (Å²) in [6.07, 6.45) is -13.2. The second kappa shape index (κ2) is 7.98. The third kappa shape index (κ3) is 3.30. The zero-order chi connectivity index (χ0) is 20.7. The highest BCUT2D eigenvalue weighted by Gasteiger charge is 2.47. The highest BCUT2D eigenvalue weighted by molar-refractivity contribution is 4.98. The van der Waals surface area contributed by atoms with Crippen LogP contribution in [0, 0.1) is 0 Å². The number of aliphatic hydroxyl groups excluding tert-OH is 7. The van der Waals surface area contributed by atoms with Gasteiger partial charge in [-0.15, -0.1) is 0 Å². The van der Waals surface area contributed by atoms with Gasteiger partial charge in [0.05, 0.1) is 13.2 Å². The van der Waals surface area contributed by atoms with Gasteiger partial charge in [-0.1, -0.05) is 0 Å². The molecule has 13 heteroatoms. The fraction of sp³-hybridized carbons (Fsp3) is 0.733. The number of hydrogen-bond acceptors (Lipinski definition) is 11. The fourth-order valence-corrected chi connectivity index (χ4v) is 3.34. The molecule has 2 aliphatic rings. The molecule has 2 fully saturated rings. The summed E-state index contributed by atoms with van der Waals surface area (Å²) in [6.45, 7) is -1.39. The Morgan fingerprint density at radius 2 is 1.29 bits per heavy atom. The van der Waals surface area contributed by atoms with E-state index in [0.717, 1.165) is 16.8 Å². The highest BCUT2D eigenvalue weighted by atomic mass is 16.6. The quantitative estimate of drug-likeness (QED) is 0.251. The fourth-order valence-electron chi connectivity index (χ4n) is 3.34. The van der Waals surface area contributed by atoms with Crippen molar-refractivity contribution in [1.29, 1.82) is 0 Å². The van der Waals surface area contributed by atoms with Crippen molar-refractivity contribution in [2.45, 2.75) is 55.2 Å². The second-order valence-corrected chi connectivity index (χ2v) is 6.66. The highest BCUT2D eigenvalue weighted by Crippen LogP contribution is 2.29. The van der Waals surface area contributed by atoms with Gasteiger partial charge in [-0.3, -0.25) is 9.36 Å². The summed E-state index contributed by atoms with van der Waals surface area (Å²) in [5, 5.41) is 68.3. The smallest absolute Gasteiger partial charge is 0.335 e. The molecule has 0 aromatic carbocycles. The van der Waals surface area contributed by atoms with Crippen LogP contribution < -0.4 is 11.2 Å². The molecule has 158 valence electrons. The van der Waals surface area contributed by atoms with E-state index in [9.17, 15) is 40.2 Å². The summed E-state index contributed by atoms with van der Waals surface area (Å²) in [4.78, 5) is 25.1. The van der Waals surface area contributed by atoms with Crippen molar-refractivity contribution in [3.05, 3.63) is 33.1 Å². The molecule has 28 heavy (non-hydrogen) atoms. The first kappa shape index (κ1) is 21.0. The van der Waals surface area contributed by atoms with Gasteiger partial charge in [-0.2, -0.15) is 0 Å².